The van der Waals surface area contributed by atoms with E-state index in [4.69, 9.17) is 67.8 Å². The molecule has 5 amide bonds. The van der Waals surface area contributed by atoms with Crippen molar-refractivity contribution < 1.29 is 136 Å². The minimum Gasteiger partial charge on any atom is -0.508 e. The van der Waals surface area contributed by atoms with E-state index in [2.05, 4.69) is 38.0 Å². The van der Waals surface area contributed by atoms with Crippen LogP contribution in [0.4, 0.5) is 0 Å². The van der Waals surface area contributed by atoms with Gasteiger partial charge in [-0.15, -0.1) is 0 Å². The number of carbonyl (C=O) groups is 8. The lowest BCUT2D eigenvalue weighted by atomic mass is 9.85. The quantitative estimate of drug-likeness (QED) is 0.0169. The number of carboxylic acids is 1. The molecular formula is C84H100Cl2N9O27S+. The molecular weight excluding hydrogens is 1670 g/mol. The zero-order valence-electron chi connectivity index (χ0n) is 67.7. The van der Waals surface area contributed by atoms with Crippen LogP contribution < -0.4 is 61.7 Å². The number of nitrogens with one attached hydrogen (secondary N) is 6. The first-order chi connectivity index (χ1) is 58.1. The standard InChI is InChI=1S/C84H99Cl2N9O27S/c1-8-9-10-23-116-44-14-16-45(17-15-44)123(114,115)90-22-21-89-35-49-54(97)33-48-64-47-25-39(11-18-50(47)84(112,113)65(49)64)46-32-56(99)66-42-29-59(118-57-19-12-40(26-51(57)85)70(101)68(93-79(108)53(95(6)7)24-37(2)3)55(98)28-43(31-62(87)100)77(106)91-66)74(122-82-75(73(104)72(103)61(36-96)120-82)121-63-34-83(5,88)76(105)38(4)117-63)60(30-42)119-58-20-13-41(27-52(58)86)71(102)69(94-78(46)107)80(109)92-67(48)81(110)111/h11-20,25-27,29-30,33,37-38,43,46,53,61,63,66-73,75-76,82,89-90,96,101-105,112-113H,6,8-10,21-24,28,31-32,34-36,88H2,1-5,7H3,(H7-,87,91,92,93,94,97,100,106,107,108,109,110,111)/p+1/t38-,43-,46+,53+,61+,63-,66+,67-,68-,69-,70+,71+,72+,73-,75+,76+,82-,83-/m0/s1. The molecule has 6 aromatic carbocycles. The number of ketones is 2. The first-order valence-corrected chi connectivity index (χ1v) is 42.1. The number of hydrogen-bond acceptors (Lipinski definition) is 28. The first-order valence-electron chi connectivity index (χ1n) is 39.9. The van der Waals surface area contributed by atoms with Gasteiger partial charge in [-0.05, 0) is 138 Å². The Bertz CT molecular complexity index is 5200. The van der Waals surface area contributed by atoms with Crippen molar-refractivity contribution in [1.29, 1.82) is 0 Å². The molecule has 0 unspecified atom stereocenters. The smallest absolute Gasteiger partial charge is 0.330 e. The van der Waals surface area contributed by atoms with Crippen molar-refractivity contribution in [3.63, 3.8) is 0 Å². The molecule has 36 nitrogen and oxygen atoms in total. The third-order valence-electron chi connectivity index (χ3n) is 22.6. The zero-order valence-corrected chi connectivity index (χ0v) is 70.0. The number of amides is 5. The maximum absolute atomic E-state index is 16.6. The number of halogens is 2. The van der Waals surface area contributed by atoms with Crippen molar-refractivity contribution in [2.45, 2.75) is 206 Å². The van der Waals surface area contributed by atoms with Gasteiger partial charge in [0.05, 0.1) is 52.2 Å². The van der Waals surface area contributed by atoms with Crippen molar-refractivity contribution in [3.8, 4) is 51.4 Å². The molecule has 0 saturated carbocycles. The second-order valence-corrected chi connectivity index (χ2v) is 34.9. The van der Waals surface area contributed by atoms with Crippen molar-refractivity contribution in [1.82, 2.24) is 31.3 Å². The number of primary amides is 1. The maximum Gasteiger partial charge on any atom is 0.330 e. The number of aliphatic hydroxyl groups excluding tert-OH is 6. The maximum atomic E-state index is 16.6. The molecule has 7 heterocycles. The van der Waals surface area contributed by atoms with E-state index in [1.54, 1.807) is 0 Å². The lowest BCUT2D eigenvalue weighted by Gasteiger charge is -2.47. The highest BCUT2D eigenvalue weighted by molar-refractivity contribution is 7.89. The third-order valence-corrected chi connectivity index (χ3v) is 24.7. The van der Waals surface area contributed by atoms with Crippen LogP contribution in [0.3, 0.4) is 0 Å². The third kappa shape index (κ3) is 19.9. The molecule has 20 N–H and O–H groups in total. The van der Waals surface area contributed by atoms with Crippen LogP contribution in [0.2, 0.25) is 10.0 Å². The van der Waals surface area contributed by atoms with Crippen molar-refractivity contribution >= 4 is 87.0 Å². The Balaban J connectivity index is 1.03. The average molecular weight is 1770 g/mol. The predicted molar refractivity (Wildman–Crippen MR) is 436 cm³/mol. The van der Waals surface area contributed by atoms with Crippen LogP contribution in [0.1, 0.15) is 161 Å². The number of sulfonamides is 1. The summed E-state index contributed by atoms with van der Waals surface area (Å²) in [5.41, 5.74) is 7.53. The van der Waals surface area contributed by atoms with Gasteiger partial charge in [0.1, 0.15) is 85.4 Å². The number of fused-ring (bicyclic) bond motifs is 12. The lowest BCUT2D eigenvalue weighted by Crippen LogP contribution is -2.64. The summed E-state index contributed by atoms with van der Waals surface area (Å²) in [6, 6.07) is 9.37. The summed E-state index contributed by atoms with van der Waals surface area (Å²) in [7, 11) is -2.64. The molecule has 0 radical (unpaired) electrons. The fourth-order valence-corrected chi connectivity index (χ4v) is 17.5. The summed E-state index contributed by atoms with van der Waals surface area (Å²) in [4.78, 5) is 120. The highest BCUT2D eigenvalue weighted by Crippen LogP contribution is 2.55. The van der Waals surface area contributed by atoms with Gasteiger partial charge in [0, 0.05) is 74.0 Å². The molecule has 8 aliphatic rings. The number of likely N-dealkylation sites (N-methyl/N-ethyl adjacent to an activating group) is 1. The summed E-state index contributed by atoms with van der Waals surface area (Å²) in [6.07, 6.45) is -18.1. The Kier molecular flexibility index (Phi) is 28.4. The van der Waals surface area contributed by atoms with Crippen LogP contribution in [-0.2, 0) is 74.9 Å². The summed E-state index contributed by atoms with van der Waals surface area (Å²) >= 11 is 14.3. The van der Waals surface area contributed by atoms with Gasteiger partial charge in [0.15, 0.2) is 41.5 Å². The number of phenolic OH excluding ortho intramolecular Hbond substituents is 1. The monoisotopic (exact) mass is 1770 g/mol. The molecule has 2 saturated heterocycles. The van der Waals surface area contributed by atoms with E-state index in [9.17, 15) is 73.9 Å². The highest BCUT2D eigenvalue weighted by atomic mass is 35.5. The van der Waals surface area contributed by atoms with Gasteiger partial charge < -0.3 is 122 Å². The van der Waals surface area contributed by atoms with Crippen LogP contribution in [-0.4, -0.2) is 224 Å². The van der Waals surface area contributed by atoms with E-state index < -0.39 is 260 Å². The molecule has 0 spiro atoms. The van der Waals surface area contributed by atoms with E-state index >= 15 is 24.0 Å². The molecule has 11 bridgehead atoms. The van der Waals surface area contributed by atoms with Gasteiger partial charge >= 0.3 is 5.97 Å². The largest absolute Gasteiger partial charge is 0.508 e. The number of ether oxygens (including phenoxy) is 7. The Morgan fingerprint density at radius 2 is 1.43 bits per heavy atom. The summed E-state index contributed by atoms with van der Waals surface area (Å²) in [6.45, 7) is 11.1. The molecule has 2 fully saturated rings. The van der Waals surface area contributed by atoms with Gasteiger partial charge in [0.25, 0.3) is 5.91 Å². The number of aliphatic hydroxyl groups is 8. The van der Waals surface area contributed by atoms with Gasteiger partial charge in [0.2, 0.25) is 57.5 Å². The van der Waals surface area contributed by atoms with E-state index in [-0.39, 0.29) is 80.9 Å². The highest BCUT2D eigenvalue weighted by Gasteiger charge is 2.53. The molecule has 39 heteroatoms. The fourth-order valence-electron chi connectivity index (χ4n) is 16.1. The molecule has 14 rings (SSSR count). The van der Waals surface area contributed by atoms with Gasteiger partial charge in [-0.25, -0.2) is 22.5 Å². The minimum absolute atomic E-state index is 0.0940. The number of Topliss-reactive ketones (excluding diaryl/α,β-unsaturated/α-hetero) is 2. The second-order valence-electron chi connectivity index (χ2n) is 32.3. The number of nitrogens with two attached hydrogens (primary N) is 2. The number of hydrogen-bond donors (Lipinski definition) is 18. The summed E-state index contributed by atoms with van der Waals surface area (Å²) < 4.78 is 75.3. The molecule has 123 heavy (non-hydrogen) atoms. The first kappa shape index (κ1) is 92.3. The van der Waals surface area contributed by atoms with Gasteiger partial charge in [-0.3, -0.25) is 33.6 Å². The average Bonchev–Trinajstić information content (AvgIpc) is 1.55. The number of carboxylic acid groups (broad SMARTS) is 1. The number of unbranched alkanes of at least 4 members (excludes halogenated alkanes) is 2. The molecule has 1 aliphatic carbocycles. The van der Waals surface area contributed by atoms with E-state index in [0.717, 1.165) is 67.8 Å². The molecule has 18 atom stereocenters. The minimum atomic E-state index is -4.14. The van der Waals surface area contributed by atoms with Crippen molar-refractivity contribution in [2.24, 2.45) is 23.3 Å². The van der Waals surface area contributed by atoms with Crippen molar-refractivity contribution in [2.75, 3.05) is 33.4 Å². The number of rotatable bonds is 25. The number of aliphatic carboxylic acids is 1. The molecule has 6 aromatic rings. The van der Waals surface area contributed by atoms with Crippen LogP contribution >= 0.6 is 23.2 Å². The Morgan fingerprint density at radius 3 is 2.03 bits per heavy atom. The Hall–Kier alpha value is -9.88. The molecule has 662 valence electrons. The normalized spacial score (nSPS) is 27.2. The summed E-state index contributed by atoms with van der Waals surface area (Å²) in [5.74, 6) is -20.4. The van der Waals surface area contributed by atoms with Crippen LogP contribution in [0.5, 0.6) is 40.2 Å². The molecule has 7 aliphatic heterocycles. The van der Waals surface area contributed by atoms with Gasteiger partial charge in [-0.1, -0.05) is 81.1 Å². The predicted octanol–water partition coefficient (Wildman–Crippen LogP) is 2.93. The zero-order chi connectivity index (χ0) is 89.3. The van der Waals surface area contributed by atoms with E-state index in [1.807, 2.05) is 20.8 Å². The Labute approximate surface area is 716 Å². The molecule has 0 aromatic heterocycles. The topological polar surface area (TPSA) is 565 Å². The number of phenols is 1. The van der Waals surface area contributed by atoms with Gasteiger partial charge in [-0.2, -0.15) is 0 Å². The number of benzene rings is 6. The second kappa shape index (κ2) is 37.9. The Morgan fingerprint density at radius 1 is 0.780 bits per heavy atom. The van der Waals surface area contributed by atoms with Crippen LogP contribution in [0, 0.1) is 11.8 Å². The lowest BCUT2D eigenvalue weighted by molar-refractivity contribution is -0.517. The SMILES string of the molecule is C=[N+](C)[C@H](CC(C)C)C(=O)N[C@H]1C(=O)C[C@@H](CC(N)=O)C(=O)N[C@H]2C(=O)C[C@H]3C(=O)N[C@H](C(=O)N[C@H](C(=O)O)c4cc(O)c(CNCCNS(=O)(=O)c5ccc(OCCCCC)cc5)c5c4-c4cc3ccc4C5(O)O)[C@H](O)c3ccc(c(Cl)c3)Oc3cc2cc(c3O[C@@H]2O[C@H](CO)[C@@H](O)[C@H](O)[C@H]2O[C@H]2C[C@](C)(N)[C@H](O)[C@H](C)O2)Oc2ccc(cc2Cl)[C@H]1O. The number of aromatic hydroxyl groups is 1. The number of nitrogens with zero attached hydrogens (tertiary/aromatic N) is 1. The number of carbonyl (C=O) groups excluding carboxylic acids is 7. The fraction of sp³-hybridized carbons (Fsp3) is 0.464. The van der Waals surface area contributed by atoms with Crippen molar-refractivity contribution in [3.05, 3.63) is 152 Å². The van der Waals surface area contributed by atoms with Crippen LogP contribution in [0.15, 0.2) is 102 Å². The van der Waals surface area contributed by atoms with E-state index in [0.29, 0.717) is 12.4 Å². The van der Waals surface area contributed by atoms with Crippen LogP contribution in [0.25, 0.3) is 11.1 Å². The van der Waals surface area contributed by atoms with E-state index in [1.165, 1.54) is 74.0 Å². The summed E-state index contributed by atoms with van der Waals surface area (Å²) in [5, 5.41) is 131.